The van der Waals surface area contributed by atoms with Crippen LogP contribution in [0.3, 0.4) is 0 Å². The first kappa shape index (κ1) is 21.8. The fraction of sp³-hybridized carbons (Fsp3) is 1.00. The summed E-state index contributed by atoms with van der Waals surface area (Å²) in [6.45, 7) is 2.15. The minimum absolute atomic E-state index is 0.451. The zero-order valence-corrected chi connectivity index (χ0v) is 15.0. The Labute approximate surface area is 145 Å². The summed E-state index contributed by atoms with van der Waals surface area (Å²) in [4.78, 5) is 0. The highest BCUT2D eigenvalue weighted by Gasteiger charge is 2.46. The van der Waals surface area contributed by atoms with Gasteiger partial charge in [0.15, 0.2) is 6.29 Å². The molecule has 0 radical (unpaired) electrons. The van der Waals surface area contributed by atoms with E-state index in [-0.39, 0.29) is 0 Å². The molecule has 1 aliphatic rings. The summed E-state index contributed by atoms with van der Waals surface area (Å²) in [6, 6.07) is 0. The average molecular weight is 348 g/mol. The minimum Gasteiger partial charge on any atom is -0.394 e. The van der Waals surface area contributed by atoms with E-state index >= 15 is 0 Å². The van der Waals surface area contributed by atoms with Crippen molar-refractivity contribution in [3.8, 4) is 0 Å². The monoisotopic (exact) mass is 348 g/mol. The summed E-state index contributed by atoms with van der Waals surface area (Å²) in [5.74, 6) is 0. The van der Waals surface area contributed by atoms with Gasteiger partial charge >= 0.3 is 0 Å². The summed E-state index contributed by atoms with van der Waals surface area (Å²) in [5.41, 5.74) is 0. The quantitative estimate of drug-likeness (QED) is 0.357. The van der Waals surface area contributed by atoms with Crippen molar-refractivity contribution in [3.63, 3.8) is 0 Å². The Morgan fingerprint density at radius 1 is 0.875 bits per heavy atom. The molecule has 0 bridgehead atoms. The van der Waals surface area contributed by atoms with E-state index in [9.17, 15) is 15.3 Å². The maximum atomic E-state index is 9.84. The molecule has 1 fully saturated rings. The number of rotatable bonds is 14. The molecular weight excluding hydrogens is 312 g/mol. The first-order chi connectivity index (χ1) is 11.6. The number of unbranched alkanes of at least 4 members (excludes halogenated alkanes) is 9. The van der Waals surface area contributed by atoms with Crippen molar-refractivity contribution in [3.05, 3.63) is 0 Å². The van der Waals surface area contributed by atoms with Crippen LogP contribution in [-0.2, 0) is 9.47 Å². The molecule has 0 aromatic carbocycles. The fourth-order valence-electron chi connectivity index (χ4n) is 3.02. The highest BCUT2D eigenvalue weighted by atomic mass is 16.7. The normalized spacial score (nSPS) is 28.4. The molecule has 1 heterocycles. The van der Waals surface area contributed by atoms with E-state index in [4.69, 9.17) is 14.6 Å². The lowest BCUT2D eigenvalue weighted by molar-refractivity contribution is -0.181. The van der Waals surface area contributed by atoms with Crippen molar-refractivity contribution in [1.29, 1.82) is 0 Å². The molecule has 0 spiro atoms. The third-order valence-electron chi connectivity index (χ3n) is 4.60. The standard InChI is InChI=1S/C18H36O6/c1-2-3-4-5-6-7-8-9-10-11-12-23-18-16(22)15(21)17(24-18)14(20)13-19/h14-22H,2-13H2,1H3/t14-,15-,16-,17+,18-/m1/s1. The Bertz CT molecular complexity index is 301. The Kier molecular flexibility index (Phi) is 11.8. The van der Waals surface area contributed by atoms with Crippen molar-refractivity contribution in [2.45, 2.75) is 102 Å². The van der Waals surface area contributed by atoms with Gasteiger partial charge < -0.3 is 29.9 Å². The lowest BCUT2D eigenvalue weighted by Crippen LogP contribution is -2.40. The van der Waals surface area contributed by atoms with E-state index in [2.05, 4.69) is 6.92 Å². The van der Waals surface area contributed by atoms with E-state index in [1.807, 2.05) is 0 Å². The Balaban J connectivity index is 1.99. The maximum absolute atomic E-state index is 9.84. The van der Waals surface area contributed by atoms with E-state index in [1.165, 1.54) is 51.4 Å². The van der Waals surface area contributed by atoms with Gasteiger partial charge in [0.1, 0.15) is 24.4 Å². The van der Waals surface area contributed by atoms with Crippen molar-refractivity contribution in [2.75, 3.05) is 13.2 Å². The second-order valence-electron chi connectivity index (χ2n) is 6.75. The maximum Gasteiger partial charge on any atom is 0.186 e. The Morgan fingerprint density at radius 3 is 1.96 bits per heavy atom. The molecule has 6 heteroatoms. The molecule has 1 rings (SSSR count). The van der Waals surface area contributed by atoms with Gasteiger partial charge in [0.25, 0.3) is 0 Å². The van der Waals surface area contributed by atoms with Crippen LogP contribution >= 0.6 is 0 Å². The highest BCUT2D eigenvalue weighted by molar-refractivity contribution is 4.90. The largest absolute Gasteiger partial charge is 0.394 e. The smallest absolute Gasteiger partial charge is 0.186 e. The Morgan fingerprint density at radius 2 is 1.42 bits per heavy atom. The molecule has 0 unspecified atom stereocenters. The first-order valence-corrected chi connectivity index (χ1v) is 9.54. The number of hydrogen-bond acceptors (Lipinski definition) is 6. The van der Waals surface area contributed by atoms with Crippen LogP contribution in [0.4, 0.5) is 0 Å². The molecule has 0 aromatic rings. The molecule has 0 saturated carbocycles. The van der Waals surface area contributed by atoms with Gasteiger partial charge in [-0.2, -0.15) is 0 Å². The molecule has 6 nitrogen and oxygen atoms in total. The second-order valence-corrected chi connectivity index (χ2v) is 6.75. The molecule has 0 amide bonds. The number of ether oxygens (including phenoxy) is 2. The number of aliphatic hydroxyl groups is 4. The van der Waals surface area contributed by atoms with Gasteiger partial charge in [-0.3, -0.25) is 0 Å². The average Bonchev–Trinajstić information content (AvgIpc) is 2.87. The van der Waals surface area contributed by atoms with Gasteiger partial charge in [-0.15, -0.1) is 0 Å². The molecule has 144 valence electrons. The van der Waals surface area contributed by atoms with Crippen LogP contribution in [0.1, 0.15) is 71.1 Å². The zero-order valence-electron chi connectivity index (χ0n) is 15.0. The van der Waals surface area contributed by atoms with Crippen LogP contribution in [0.5, 0.6) is 0 Å². The van der Waals surface area contributed by atoms with Crippen LogP contribution in [0.15, 0.2) is 0 Å². The molecule has 1 saturated heterocycles. The lowest BCUT2D eigenvalue weighted by atomic mass is 10.1. The predicted molar refractivity (Wildman–Crippen MR) is 91.6 cm³/mol. The highest BCUT2D eigenvalue weighted by Crippen LogP contribution is 2.24. The lowest BCUT2D eigenvalue weighted by Gasteiger charge is -2.18. The van der Waals surface area contributed by atoms with Crippen molar-refractivity contribution in [1.82, 2.24) is 0 Å². The van der Waals surface area contributed by atoms with Crippen molar-refractivity contribution in [2.24, 2.45) is 0 Å². The Hall–Kier alpha value is -0.240. The van der Waals surface area contributed by atoms with E-state index in [1.54, 1.807) is 0 Å². The summed E-state index contributed by atoms with van der Waals surface area (Å²) in [7, 11) is 0. The van der Waals surface area contributed by atoms with Gasteiger partial charge in [0.2, 0.25) is 0 Å². The molecule has 0 aliphatic carbocycles. The molecule has 4 N–H and O–H groups in total. The van der Waals surface area contributed by atoms with Crippen molar-refractivity contribution >= 4 is 0 Å². The van der Waals surface area contributed by atoms with E-state index < -0.39 is 37.3 Å². The van der Waals surface area contributed by atoms with Gasteiger partial charge in [-0.25, -0.2) is 0 Å². The van der Waals surface area contributed by atoms with Gasteiger partial charge in [-0.1, -0.05) is 64.7 Å². The molecule has 5 atom stereocenters. The zero-order chi connectivity index (χ0) is 17.8. The van der Waals surface area contributed by atoms with Crippen LogP contribution in [0.25, 0.3) is 0 Å². The molecule has 1 aliphatic heterocycles. The van der Waals surface area contributed by atoms with Crippen LogP contribution in [-0.4, -0.2) is 64.3 Å². The SMILES string of the molecule is CCCCCCCCCCCCO[C@@H]1O[C@@H]([C@H](O)CO)[C@H](O)[C@H]1O. The van der Waals surface area contributed by atoms with Crippen LogP contribution in [0.2, 0.25) is 0 Å². The van der Waals surface area contributed by atoms with Crippen LogP contribution < -0.4 is 0 Å². The topological polar surface area (TPSA) is 99.4 Å². The summed E-state index contributed by atoms with van der Waals surface area (Å²) in [5, 5.41) is 38.0. The second kappa shape index (κ2) is 13.0. The third kappa shape index (κ3) is 7.76. The minimum atomic E-state index is -1.25. The fourth-order valence-corrected chi connectivity index (χ4v) is 3.02. The third-order valence-corrected chi connectivity index (χ3v) is 4.60. The van der Waals surface area contributed by atoms with Gasteiger partial charge in [0, 0.05) is 6.61 Å². The molecular formula is C18H36O6. The molecule has 0 aromatic heterocycles. The number of aliphatic hydroxyl groups excluding tert-OH is 4. The van der Waals surface area contributed by atoms with E-state index in [0.29, 0.717) is 6.61 Å². The molecule has 24 heavy (non-hydrogen) atoms. The summed E-state index contributed by atoms with van der Waals surface area (Å²) < 4.78 is 10.8. The van der Waals surface area contributed by atoms with Gasteiger partial charge in [0.05, 0.1) is 6.61 Å². The van der Waals surface area contributed by atoms with E-state index in [0.717, 1.165) is 12.8 Å². The predicted octanol–water partition coefficient (Wildman–Crippen LogP) is 1.72. The summed E-state index contributed by atoms with van der Waals surface area (Å²) >= 11 is 0. The van der Waals surface area contributed by atoms with Crippen LogP contribution in [0, 0.1) is 0 Å². The van der Waals surface area contributed by atoms with Gasteiger partial charge in [-0.05, 0) is 6.42 Å². The summed E-state index contributed by atoms with van der Waals surface area (Å²) in [6.07, 6.45) is 6.72. The number of hydrogen-bond donors (Lipinski definition) is 4. The van der Waals surface area contributed by atoms with Crippen molar-refractivity contribution < 1.29 is 29.9 Å². The first-order valence-electron chi connectivity index (χ1n) is 9.54.